The average molecular weight is 325 g/mol. The highest BCUT2D eigenvalue weighted by atomic mass is 16.5. The Kier molecular flexibility index (Phi) is 6.13. The lowest BCUT2D eigenvalue weighted by atomic mass is 10.0. The summed E-state index contributed by atoms with van der Waals surface area (Å²) < 4.78 is 5.53. The fourth-order valence-electron chi connectivity index (χ4n) is 2.22. The minimum Gasteiger partial charge on any atom is -0.493 e. The summed E-state index contributed by atoms with van der Waals surface area (Å²) in [6, 6.07) is 14.8. The summed E-state index contributed by atoms with van der Waals surface area (Å²) in [6.45, 7) is 6.07. The van der Waals surface area contributed by atoms with Gasteiger partial charge in [-0.05, 0) is 54.8 Å². The van der Waals surface area contributed by atoms with Crippen molar-refractivity contribution in [3.63, 3.8) is 0 Å². The summed E-state index contributed by atoms with van der Waals surface area (Å²) >= 11 is 0. The van der Waals surface area contributed by atoms with Gasteiger partial charge in [-0.2, -0.15) is 0 Å². The Balaban J connectivity index is 1.77. The minimum absolute atomic E-state index is 0.0180. The van der Waals surface area contributed by atoms with Gasteiger partial charge in [0, 0.05) is 11.3 Å². The van der Waals surface area contributed by atoms with E-state index in [-0.39, 0.29) is 24.7 Å². The van der Waals surface area contributed by atoms with Gasteiger partial charge in [0.15, 0.2) is 5.78 Å². The van der Waals surface area contributed by atoms with E-state index in [1.807, 2.05) is 24.3 Å². The van der Waals surface area contributed by atoms with E-state index in [9.17, 15) is 9.59 Å². The van der Waals surface area contributed by atoms with Crippen LogP contribution in [0.1, 0.15) is 49.0 Å². The lowest BCUT2D eigenvalue weighted by Gasteiger charge is -2.09. The molecule has 24 heavy (non-hydrogen) atoms. The van der Waals surface area contributed by atoms with Crippen molar-refractivity contribution >= 4 is 17.4 Å². The van der Waals surface area contributed by atoms with Gasteiger partial charge in [-0.25, -0.2) is 0 Å². The molecule has 2 aromatic rings. The Morgan fingerprint density at radius 3 is 2.17 bits per heavy atom. The number of ether oxygens (including phenoxy) is 1. The van der Waals surface area contributed by atoms with Crippen LogP contribution in [0.4, 0.5) is 5.69 Å². The molecule has 0 aliphatic rings. The molecule has 0 fully saturated rings. The molecule has 0 unspecified atom stereocenters. The van der Waals surface area contributed by atoms with Crippen LogP contribution in [-0.4, -0.2) is 18.3 Å². The third kappa shape index (κ3) is 5.23. The first-order valence-electron chi connectivity index (χ1n) is 8.09. The summed E-state index contributed by atoms with van der Waals surface area (Å²) in [7, 11) is 0. The molecule has 0 aromatic heterocycles. The van der Waals surface area contributed by atoms with E-state index in [1.165, 1.54) is 12.5 Å². The van der Waals surface area contributed by atoms with Gasteiger partial charge >= 0.3 is 0 Å². The van der Waals surface area contributed by atoms with Crippen LogP contribution in [0, 0.1) is 0 Å². The van der Waals surface area contributed by atoms with Gasteiger partial charge in [-0.1, -0.05) is 26.0 Å². The van der Waals surface area contributed by atoms with Crippen LogP contribution in [0.15, 0.2) is 48.5 Å². The molecular weight excluding hydrogens is 302 g/mol. The second-order valence-corrected chi connectivity index (χ2v) is 6.00. The molecule has 0 bridgehead atoms. The first kappa shape index (κ1) is 17.7. The van der Waals surface area contributed by atoms with Crippen molar-refractivity contribution in [1.82, 2.24) is 0 Å². The number of rotatable bonds is 7. The standard InChI is InChI=1S/C20H23NO3/c1-14(2)16-4-8-18(9-5-16)21-20(23)12-13-24-19-10-6-17(7-11-19)15(3)22/h4-11,14H,12-13H2,1-3H3,(H,21,23). The summed E-state index contributed by atoms with van der Waals surface area (Å²) in [5.41, 5.74) is 2.67. The van der Waals surface area contributed by atoms with Crippen molar-refractivity contribution in [3.8, 4) is 5.75 Å². The maximum atomic E-state index is 11.9. The average Bonchev–Trinajstić information content (AvgIpc) is 2.55. The first-order valence-corrected chi connectivity index (χ1v) is 8.09. The van der Waals surface area contributed by atoms with Crippen molar-refractivity contribution in [3.05, 3.63) is 59.7 Å². The van der Waals surface area contributed by atoms with E-state index in [1.54, 1.807) is 24.3 Å². The number of ketones is 1. The van der Waals surface area contributed by atoms with E-state index < -0.39 is 0 Å². The summed E-state index contributed by atoms with van der Waals surface area (Å²) in [5.74, 6) is 1.05. The Bertz CT molecular complexity index is 688. The van der Waals surface area contributed by atoms with Gasteiger partial charge in [0.1, 0.15) is 5.75 Å². The minimum atomic E-state index is -0.0901. The molecule has 4 heteroatoms. The number of carbonyl (C=O) groups is 2. The Morgan fingerprint density at radius 1 is 1.00 bits per heavy atom. The Labute approximate surface area is 142 Å². The van der Waals surface area contributed by atoms with Crippen molar-refractivity contribution in [1.29, 1.82) is 0 Å². The molecule has 0 aliphatic carbocycles. The highest BCUT2D eigenvalue weighted by molar-refractivity contribution is 5.94. The molecular formula is C20H23NO3. The lowest BCUT2D eigenvalue weighted by molar-refractivity contribution is -0.116. The second kappa shape index (κ2) is 8.29. The molecule has 126 valence electrons. The van der Waals surface area contributed by atoms with Crippen LogP contribution in [0.3, 0.4) is 0 Å². The fourth-order valence-corrected chi connectivity index (χ4v) is 2.22. The number of Topliss-reactive ketones (excluding diaryl/α,β-unsaturated/α-hetero) is 1. The molecule has 0 saturated carbocycles. The highest BCUT2D eigenvalue weighted by Gasteiger charge is 2.05. The van der Waals surface area contributed by atoms with Crippen LogP contribution < -0.4 is 10.1 Å². The number of anilines is 1. The smallest absolute Gasteiger partial charge is 0.227 e. The van der Waals surface area contributed by atoms with Gasteiger partial charge in [0.05, 0.1) is 13.0 Å². The summed E-state index contributed by atoms with van der Waals surface area (Å²) in [5, 5.41) is 2.85. The molecule has 0 aliphatic heterocycles. The molecule has 0 saturated heterocycles. The van der Waals surface area contributed by atoms with E-state index in [0.29, 0.717) is 17.2 Å². The van der Waals surface area contributed by atoms with Crippen LogP contribution in [0.25, 0.3) is 0 Å². The predicted octanol–water partition coefficient (Wildman–Crippen LogP) is 4.42. The SMILES string of the molecule is CC(=O)c1ccc(OCCC(=O)Nc2ccc(C(C)C)cc2)cc1. The van der Waals surface area contributed by atoms with Crippen molar-refractivity contribution in [2.45, 2.75) is 33.1 Å². The van der Waals surface area contributed by atoms with Gasteiger partial charge in [-0.3, -0.25) is 9.59 Å². The third-order valence-electron chi connectivity index (χ3n) is 3.72. The second-order valence-electron chi connectivity index (χ2n) is 6.00. The fraction of sp³-hybridized carbons (Fsp3) is 0.300. The highest BCUT2D eigenvalue weighted by Crippen LogP contribution is 2.17. The van der Waals surface area contributed by atoms with E-state index in [2.05, 4.69) is 19.2 Å². The largest absolute Gasteiger partial charge is 0.493 e. The number of hydrogen-bond acceptors (Lipinski definition) is 3. The van der Waals surface area contributed by atoms with Gasteiger partial charge in [0.2, 0.25) is 5.91 Å². The quantitative estimate of drug-likeness (QED) is 0.767. The summed E-state index contributed by atoms with van der Waals surface area (Å²) in [6.07, 6.45) is 0.264. The summed E-state index contributed by atoms with van der Waals surface area (Å²) in [4.78, 5) is 23.1. The molecule has 0 heterocycles. The molecule has 2 aromatic carbocycles. The van der Waals surface area contributed by atoms with Crippen molar-refractivity contribution in [2.75, 3.05) is 11.9 Å². The normalized spacial score (nSPS) is 10.5. The lowest BCUT2D eigenvalue weighted by Crippen LogP contribution is -2.15. The maximum Gasteiger partial charge on any atom is 0.227 e. The molecule has 2 rings (SSSR count). The van der Waals surface area contributed by atoms with Crippen molar-refractivity contribution in [2.24, 2.45) is 0 Å². The van der Waals surface area contributed by atoms with E-state index >= 15 is 0 Å². The number of hydrogen-bond donors (Lipinski definition) is 1. The van der Waals surface area contributed by atoms with Crippen molar-refractivity contribution < 1.29 is 14.3 Å². The van der Waals surface area contributed by atoms with Gasteiger partial charge in [-0.15, -0.1) is 0 Å². The van der Waals surface area contributed by atoms with Crippen LogP contribution in [-0.2, 0) is 4.79 Å². The molecule has 0 spiro atoms. The Hall–Kier alpha value is -2.62. The number of benzene rings is 2. The van der Waals surface area contributed by atoms with Crippen LogP contribution >= 0.6 is 0 Å². The predicted molar refractivity (Wildman–Crippen MR) is 95.7 cm³/mol. The molecule has 0 radical (unpaired) electrons. The van der Waals surface area contributed by atoms with E-state index in [4.69, 9.17) is 4.74 Å². The molecule has 1 N–H and O–H groups in total. The van der Waals surface area contributed by atoms with Gasteiger partial charge < -0.3 is 10.1 Å². The zero-order chi connectivity index (χ0) is 17.5. The van der Waals surface area contributed by atoms with Crippen LogP contribution in [0.5, 0.6) is 5.75 Å². The van der Waals surface area contributed by atoms with Crippen LogP contribution in [0.2, 0.25) is 0 Å². The van der Waals surface area contributed by atoms with Gasteiger partial charge in [0.25, 0.3) is 0 Å². The van der Waals surface area contributed by atoms with E-state index in [0.717, 1.165) is 5.69 Å². The maximum absolute atomic E-state index is 11.9. The number of nitrogens with one attached hydrogen (secondary N) is 1. The topological polar surface area (TPSA) is 55.4 Å². The third-order valence-corrected chi connectivity index (χ3v) is 3.72. The number of amides is 1. The Morgan fingerprint density at radius 2 is 1.62 bits per heavy atom. The number of carbonyl (C=O) groups excluding carboxylic acids is 2. The molecule has 4 nitrogen and oxygen atoms in total. The monoisotopic (exact) mass is 325 g/mol. The molecule has 1 amide bonds. The first-order chi connectivity index (χ1) is 11.5. The zero-order valence-corrected chi connectivity index (χ0v) is 14.3. The molecule has 0 atom stereocenters. The zero-order valence-electron chi connectivity index (χ0n) is 14.3.